The van der Waals surface area contributed by atoms with Crippen molar-refractivity contribution in [1.29, 1.82) is 0 Å². The number of hydrogen-bond donors (Lipinski definition) is 0. The van der Waals surface area contributed by atoms with Crippen LogP contribution < -0.4 is 0 Å². The summed E-state index contributed by atoms with van der Waals surface area (Å²) in [5.41, 5.74) is 0. The molecule has 0 atom stereocenters. The minimum Gasteiger partial charge on any atom is -0.382 e. The highest BCUT2D eigenvalue weighted by molar-refractivity contribution is 4.42. The third-order valence-corrected chi connectivity index (χ3v) is 5.17. The third kappa shape index (κ3) is 37.6. The average molecular weight is 571 g/mol. The lowest BCUT2D eigenvalue weighted by Crippen LogP contribution is -2.15. The van der Waals surface area contributed by atoms with Gasteiger partial charge in [0.05, 0.1) is 132 Å². The van der Waals surface area contributed by atoms with E-state index in [1.165, 1.54) is 25.7 Å². The quantitative estimate of drug-likeness (QED) is 0.104. The Kier molecular flexibility index (Phi) is 37.1. The molecule has 0 spiro atoms. The molecule has 0 saturated carbocycles. The molecule has 0 heterocycles. The number of ether oxygens (including phenoxy) is 11. The van der Waals surface area contributed by atoms with Gasteiger partial charge in [0.2, 0.25) is 0 Å². The molecule has 0 amide bonds. The first-order valence-electron chi connectivity index (χ1n) is 14.7. The predicted octanol–water partition coefficient (Wildman–Crippen LogP) is 2.77. The average Bonchev–Trinajstić information content (AvgIpc) is 2.95. The van der Waals surface area contributed by atoms with E-state index in [1.54, 1.807) is 7.11 Å². The van der Waals surface area contributed by atoms with Crippen LogP contribution in [0.2, 0.25) is 0 Å². The van der Waals surface area contributed by atoms with Crippen LogP contribution in [-0.4, -0.2) is 146 Å². The number of hydrogen-bond acceptors (Lipinski definition) is 11. The Labute approximate surface area is 237 Å². The topological polar surface area (TPSA) is 102 Å². The second-order valence-corrected chi connectivity index (χ2v) is 8.53. The van der Waals surface area contributed by atoms with Crippen molar-refractivity contribution in [1.82, 2.24) is 0 Å². The molecule has 11 nitrogen and oxygen atoms in total. The minimum absolute atomic E-state index is 0.527. The molecule has 0 aromatic rings. The molecule has 0 bridgehead atoms. The molecule has 0 aliphatic carbocycles. The first-order valence-corrected chi connectivity index (χ1v) is 14.7. The number of rotatable bonds is 36. The zero-order chi connectivity index (χ0) is 28.2. The van der Waals surface area contributed by atoms with E-state index in [2.05, 4.69) is 6.92 Å². The van der Waals surface area contributed by atoms with Crippen molar-refractivity contribution >= 4 is 0 Å². The molecule has 0 rings (SSSR count). The van der Waals surface area contributed by atoms with Gasteiger partial charge >= 0.3 is 0 Å². The lowest BCUT2D eigenvalue weighted by atomic mass is 10.2. The lowest BCUT2D eigenvalue weighted by Gasteiger charge is -2.09. The van der Waals surface area contributed by atoms with Gasteiger partial charge < -0.3 is 52.1 Å². The second-order valence-electron chi connectivity index (χ2n) is 8.53. The Morgan fingerprint density at radius 3 is 0.744 bits per heavy atom. The van der Waals surface area contributed by atoms with Gasteiger partial charge in [0.25, 0.3) is 0 Å². The van der Waals surface area contributed by atoms with E-state index in [1.807, 2.05) is 0 Å². The van der Waals surface area contributed by atoms with Crippen molar-refractivity contribution in [3.8, 4) is 0 Å². The number of methoxy groups -OCH3 is 1. The maximum absolute atomic E-state index is 5.55. The van der Waals surface area contributed by atoms with Gasteiger partial charge in [-0.25, -0.2) is 0 Å². The zero-order valence-electron chi connectivity index (χ0n) is 24.9. The van der Waals surface area contributed by atoms with Gasteiger partial charge in [0, 0.05) is 13.7 Å². The summed E-state index contributed by atoms with van der Waals surface area (Å²) in [4.78, 5) is 0. The van der Waals surface area contributed by atoms with E-state index in [9.17, 15) is 0 Å². The fourth-order valence-corrected chi connectivity index (χ4v) is 3.03. The zero-order valence-corrected chi connectivity index (χ0v) is 24.9. The molecule has 0 aliphatic rings. The molecular formula is C28H58O11. The van der Waals surface area contributed by atoms with Crippen LogP contribution in [0.3, 0.4) is 0 Å². The first-order chi connectivity index (χ1) is 19.4. The molecule has 11 heteroatoms. The van der Waals surface area contributed by atoms with Gasteiger partial charge in [-0.05, 0) is 6.42 Å². The molecule has 39 heavy (non-hydrogen) atoms. The van der Waals surface area contributed by atoms with E-state index in [-0.39, 0.29) is 0 Å². The third-order valence-electron chi connectivity index (χ3n) is 5.17. The van der Waals surface area contributed by atoms with Crippen LogP contribution in [0.5, 0.6) is 0 Å². The molecule has 0 saturated heterocycles. The summed E-state index contributed by atoms with van der Waals surface area (Å²) in [6.45, 7) is 14.2. The largest absolute Gasteiger partial charge is 0.382 e. The van der Waals surface area contributed by atoms with E-state index >= 15 is 0 Å². The fraction of sp³-hybridized carbons (Fsp3) is 1.00. The molecule has 0 unspecified atom stereocenters. The van der Waals surface area contributed by atoms with E-state index in [4.69, 9.17) is 52.1 Å². The predicted molar refractivity (Wildman–Crippen MR) is 149 cm³/mol. The summed E-state index contributed by atoms with van der Waals surface area (Å²) in [6.07, 6.45) is 6.29. The first kappa shape index (κ1) is 38.6. The summed E-state index contributed by atoms with van der Waals surface area (Å²) in [5, 5.41) is 0. The Balaban J connectivity index is 3.01. The monoisotopic (exact) mass is 570 g/mol. The lowest BCUT2D eigenvalue weighted by molar-refractivity contribution is -0.0271. The summed E-state index contributed by atoms with van der Waals surface area (Å²) in [6, 6.07) is 0. The van der Waals surface area contributed by atoms with Crippen molar-refractivity contribution in [3.05, 3.63) is 0 Å². The van der Waals surface area contributed by atoms with Crippen molar-refractivity contribution in [2.75, 3.05) is 146 Å². The highest BCUT2D eigenvalue weighted by atomic mass is 16.6. The summed E-state index contributed by atoms with van der Waals surface area (Å²) in [5.74, 6) is 0. The molecule has 0 fully saturated rings. The maximum atomic E-state index is 5.55. The summed E-state index contributed by atoms with van der Waals surface area (Å²) < 4.78 is 59.4. The van der Waals surface area contributed by atoms with Gasteiger partial charge in [-0.3, -0.25) is 0 Å². The number of unbranched alkanes of at least 4 members (excludes halogenated alkanes) is 4. The van der Waals surface area contributed by atoms with E-state index in [0.29, 0.717) is 132 Å². The van der Waals surface area contributed by atoms with Crippen LogP contribution in [0.15, 0.2) is 0 Å². The Morgan fingerprint density at radius 2 is 0.487 bits per heavy atom. The summed E-state index contributed by atoms with van der Waals surface area (Å²) >= 11 is 0. The van der Waals surface area contributed by atoms with Crippen molar-refractivity contribution in [2.45, 2.75) is 39.0 Å². The SMILES string of the molecule is CCCCCCCOCCOCCOCCOCCOCCOCCOCCOCCOCCOCCOC. The summed E-state index contributed by atoms with van der Waals surface area (Å²) in [7, 11) is 1.65. The van der Waals surface area contributed by atoms with Gasteiger partial charge in [0.15, 0.2) is 0 Å². The van der Waals surface area contributed by atoms with Crippen LogP contribution in [0.1, 0.15) is 39.0 Å². The molecular weight excluding hydrogens is 512 g/mol. The molecule has 0 aromatic heterocycles. The Bertz CT molecular complexity index is 383. The molecule has 236 valence electrons. The smallest absolute Gasteiger partial charge is 0.0701 e. The highest BCUT2D eigenvalue weighted by Crippen LogP contribution is 2.02. The van der Waals surface area contributed by atoms with Crippen LogP contribution in [0, 0.1) is 0 Å². The molecule has 0 radical (unpaired) electrons. The van der Waals surface area contributed by atoms with Crippen LogP contribution in [0.25, 0.3) is 0 Å². The van der Waals surface area contributed by atoms with Crippen LogP contribution >= 0.6 is 0 Å². The Morgan fingerprint density at radius 1 is 0.256 bits per heavy atom. The second kappa shape index (κ2) is 37.6. The van der Waals surface area contributed by atoms with Gasteiger partial charge in [-0.1, -0.05) is 32.6 Å². The van der Waals surface area contributed by atoms with Gasteiger partial charge in [-0.2, -0.15) is 0 Å². The highest BCUT2D eigenvalue weighted by Gasteiger charge is 1.96. The van der Waals surface area contributed by atoms with Gasteiger partial charge in [-0.15, -0.1) is 0 Å². The van der Waals surface area contributed by atoms with Crippen LogP contribution in [0.4, 0.5) is 0 Å². The van der Waals surface area contributed by atoms with Gasteiger partial charge in [0.1, 0.15) is 0 Å². The van der Waals surface area contributed by atoms with E-state index in [0.717, 1.165) is 13.0 Å². The van der Waals surface area contributed by atoms with Crippen molar-refractivity contribution < 1.29 is 52.1 Å². The maximum Gasteiger partial charge on any atom is 0.0701 e. The molecule has 0 aromatic carbocycles. The molecule has 0 aliphatic heterocycles. The van der Waals surface area contributed by atoms with Crippen molar-refractivity contribution in [3.63, 3.8) is 0 Å². The normalized spacial score (nSPS) is 11.5. The minimum atomic E-state index is 0.527. The van der Waals surface area contributed by atoms with E-state index < -0.39 is 0 Å². The van der Waals surface area contributed by atoms with Crippen LogP contribution in [-0.2, 0) is 52.1 Å². The Hall–Kier alpha value is -0.440. The standard InChI is InChI=1S/C28H58O11/c1-3-4-5-6-7-8-30-11-12-32-15-16-34-19-20-36-23-24-38-27-28-39-26-25-37-22-21-35-18-17-33-14-13-31-10-9-29-2/h3-28H2,1-2H3. The molecule has 0 N–H and O–H groups in total. The van der Waals surface area contributed by atoms with Crippen molar-refractivity contribution in [2.24, 2.45) is 0 Å². The fourth-order valence-electron chi connectivity index (χ4n) is 3.03.